The van der Waals surface area contributed by atoms with Gasteiger partial charge in [0.1, 0.15) is 17.3 Å². The number of carboxylic acid groups (broad SMARTS) is 2. The summed E-state index contributed by atoms with van der Waals surface area (Å²) in [6.45, 7) is 0.976. The molecule has 0 saturated carbocycles. The maximum atomic E-state index is 11.6. The number of alkyl halides is 3. The first kappa shape index (κ1) is 32.0. The number of nitrogens with zero attached hydrogens (tertiary/aromatic N) is 3. The van der Waals surface area contributed by atoms with E-state index in [0.717, 1.165) is 55.1 Å². The number of rotatable bonds is 11. The molecule has 1 atom stereocenters. The summed E-state index contributed by atoms with van der Waals surface area (Å²) in [4.78, 5) is 29.7. The number of nitrogens with one attached hydrogen (secondary N) is 1. The van der Waals surface area contributed by atoms with E-state index in [9.17, 15) is 23.1 Å². The quantitative estimate of drug-likeness (QED) is 0.178. The van der Waals surface area contributed by atoms with E-state index in [1.165, 1.54) is 5.56 Å². The van der Waals surface area contributed by atoms with Crippen LogP contribution in [-0.4, -0.2) is 50.0 Å². The fraction of sp³-hybridized carbons (Fsp3) is 0.323. The van der Waals surface area contributed by atoms with Crippen LogP contribution in [0.4, 0.5) is 19.0 Å². The summed E-state index contributed by atoms with van der Waals surface area (Å²) in [6, 6.07) is 21.3. The zero-order valence-electron chi connectivity index (χ0n) is 23.6. The Hall–Kier alpha value is -4.94. The molecule has 0 radical (unpaired) electrons. The highest BCUT2D eigenvalue weighted by atomic mass is 19.4. The third-order valence-electron chi connectivity index (χ3n) is 6.71. The molecule has 1 aliphatic rings. The number of carbonyl (C=O) groups is 2. The van der Waals surface area contributed by atoms with Gasteiger partial charge in [0.05, 0.1) is 6.42 Å². The molecule has 3 N–H and O–H groups in total. The van der Waals surface area contributed by atoms with Crippen LogP contribution in [0.3, 0.4) is 0 Å². The molecule has 44 heavy (non-hydrogen) atoms. The highest BCUT2D eigenvalue weighted by molar-refractivity contribution is 5.73. The molecule has 0 spiro atoms. The molecule has 4 aromatic rings. The number of aliphatic carboxylic acids is 2. The molecule has 0 aliphatic carbocycles. The van der Waals surface area contributed by atoms with E-state index in [1.807, 2.05) is 54.6 Å². The summed E-state index contributed by atoms with van der Waals surface area (Å²) in [6.07, 6.45) is -0.176. The number of anilines is 1. The van der Waals surface area contributed by atoms with E-state index in [1.54, 1.807) is 0 Å². The predicted octanol–water partition coefficient (Wildman–Crippen LogP) is 6.22. The fourth-order valence-electron chi connectivity index (χ4n) is 4.57. The van der Waals surface area contributed by atoms with Gasteiger partial charge in [0.2, 0.25) is 5.89 Å². The number of fused-ring (bicyclic) bond motifs is 1. The molecule has 0 bridgehead atoms. The number of benzene rings is 2. The Bertz CT molecular complexity index is 1530. The number of pyridine rings is 1. The molecule has 0 saturated heterocycles. The van der Waals surface area contributed by atoms with Gasteiger partial charge in [-0.3, -0.25) is 4.79 Å². The highest BCUT2D eigenvalue weighted by Crippen LogP contribution is 2.28. The van der Waals surface area contributed by atoms with Crippen molar-refractivity contribution in [3.63, 3.8) is 0 Å². The van der Waals surface area contributed by atoms with Gasteiger partial charge < -0.3 is 24.8 Å². The Kier molecular flexibility index (Phi) is 10.9. The van der Waals surface area contributed by atoms with Crippen molar-refractivity contribution in [2.45, 2.75) is 57.0 Å². The Morgan fingerprint density at radius 3 is 2.34 bits per heavy atom. The molecule has 13 heteroatoms. The SMILES string of the molecule is O=C(O)C(F)(F)F.O=C(O)CC(Cc1nc(CCCc2ccc3c(n2)NCCC3)no1)c1ccc(Oc2ccccc2)cc1. The van der Waals surface area contributed by atoms with Gasteiger partial charge in [-0.05, 0) is 67.1 Å². The maximum absolute atomic E-state index is 11.6. The van der Waals surface area contributed by atoms with Gasteiger partial charge in [0, 0.05) is 31.0 Å². The summed E-state index contributed by atoms with van der Waals surface area (Å²) >= 11 is 0. The lowest BCUT2D eigenvalue weighted by molar-refractivity contribution is -0.192. The molecular weight excluding hydrogens is 581 g/mol. The van der Waals surface area contributed by atoms with Crippen LogP contribution in [0.5, 0.6) is 11.5 Å². The van der Waals surface area contributed by atoms with Crippen molar-refractivity contribution in [2.24, 2.45) is 0 Å². The summed E-state index contributed by atoms with van der Waals surface area (Å²) < 4.78 is 43.1. The van der Waals surface area contributed by atoms with Crippen molar-refractivity contribution in [3.8, 4) is 11.5 Å². The van der Waals surface area contributed by atoms with Crippen LogP contribution in [0.2, 0.25) is 0 Å². The van der Waals surface area contributed by atoms with Crippen LogP contribution in [0.25, 0.3) is 0 Å². The number of carboxylic acids is 2. The molecule has 232 valence electrons. The standard InChI is InChI=1S/C29H30N4O4.C2HF3O2/c34-28(35)19-22(20-12-15-25(16-13-20)36-24-8-2-1-3-9-24)18-27-32-26(33-37-27)10-4-7-23-14-11-21-6-5-17-30-29(21)31-23;3-2(4,5)1(6)7/h1-3,8-9,11-16,22H,4-7,10,17-19H2,(H,30,31)(H,34,35);(H,6,7). The number of aromatic nitrogens is 3. The topological polar surface area (TPSA) is 148 Å². The largest absolute Gasteiger partial charge is 0.490 e. The lowest BCUT2D eigenvalue weighted by atomic mass is 9.92. The molecule has 1 unspecified atom stereocenters. The highest BCUT2D eigenvalue weighted by Gasteiger charge is 2.38. The van der Waals surface area contributed by atoms with Gasteiger partial charge in [0.15, 0.2) is 5.82 Å². The van der Waals surface area contributed by atoms with Crippen molar-refractivity contribution in [1.29, 1.82) is 0 Å². The van der Waals surface area contributed by atoms with Crippen molar-refractivity contribution in [2.75, 3.05) is 11.9 Å². The Labute approximate surface area is 250 Å². The monoisotopic (exact) mass is 612 g/mol. The van der Waals surface area contributed by atoms with Crippen molar-refractivity contribution in [1.82, 2.24) is 15.1 Å². The summed E-state index contributed by atoms with van der Waals surface area (Å²) in [7, 11) is 0. The van der Waals surface area contributed by atoms with Crippen molar-refractivity contribution >= 4 is 17.8 Å². The minimum absolute atomic E-state index is 0.0331. The van der Waals surface area contributed by atoms with Crippen LogP contribution < -0.4 is 10.1 Å². The van der Waals surface area contributed by atoms with E-state index in [2.05, 4.69) is 27.6 Å². The zero-order valence-corrected chi connectivity index (χ0v) is 23.6. The van der Waals surface area contributed by atoms with Gasteiger partial charge in [0.25, 0.3) is 0 Å². The van der Waals surface area contributed by atoms with E-state index in [-0.39, 0.29) is 12.3 Å². The van der Waals surface area contributed by atoms with E-state index in [0.29, 0.717) is 30.3 Å². The van der Waals surface area contributed by atoms with Gasteiger partial charge in [-0.25, -0.2) is 9.78 Å². The average molecular weight is 613 g/mol. The maximum Gasteiger partial charge on any atom is 0.490 e. The van der Waals surface area contributed by atoms with Crippen molar-refractivity contribution in [3.05, 3.63) is 95.3 Å². The lowest BCUT2D eigenvalue weighted by Crippen LogP contribution is -2.21. The molecule has 2 aromatic heterocycles. The lowest BCUT2D eigenvalue weighted by Gasteiger charge is -2.17. The third kappa shape index (κ3) is 9.82. The molecule has 3 heterocycles. The first-order valence-corrected chi connectivity index (χ1v) is 14.0. The van der Waals surface area contributed by atoms with Crippen LogP contribution in [0.1, 0.15) is 53.7 Å². The smallest absolute Gasteiger partial charge is 0.481 e. The second kappa shape index (κ2) is 15.0. The molecule has 10 nitrogen and oxygen atoms in total. The van der Waals surface area contributed by atoms with Gasteiger partial charge >= 0.3 is 18.1 Å². The number of hydrogen-bond acceptors (Lipinski definition) is 8. The van der Waals surface area contributed by atoms with Crippen molar-refractivity contribution < 1.29 is 42.2 Å². The van der Waals surface area contributed by atoms with Gasteiger partial charge in [-0.1, -0.05) is 41.6 Å². The average Bonchev–Trinajstić information content (AvgIpc) is 3.44. The Morgan fingerprint density at radius 1 is 0.955 bits per heavy atom. The molecule has 5 rings (SSSR count). The molecule has 0 amide bonds. The number of para-hydroxylation sites is 1. The summed E-state index contributed by atoms with van der Waals surface area (Å²) in [5.41, 5.74) is 3.22. The van der Waals surface area contributed by atoms with Crippen LogP contribution in [0, 0.1) is 0 Å². The Balaban J connectivity index is 0.000000566. The summed E-state index contributed by atoms with van der Waals surface area (Å²) in [5.74, 6) is -0.399. The minimum atomic E-state index is -5.08. The normalized spacial score (nSPS) is 13.1. The summed E-state index contributed by atoms with van der Waals surface area (Å²) in [5, 5.41) is 24.1. The van der Waals surface area contributed by atoms with Crippen LogP contribution >= 0.6 is 0 Å². The minimum Gasteiger partial charge on any atom is -0.481 e. The molecule has 1 aliphatic heterocycles. The number of ether oxygens (including phenoxy) is 1. The predicted molar refractivity (Wildman–Crippen MR) is 153 cm³/mol. The first-order valence-electron chi connectivity index (χ1n) is 14.0. The second-order valence-corrected chi connectivity index (χ2v) is 10.1. The Morgan fingerprint density at radius 2 is 1.66 bits per heavy atom. The number of halogens is 3. The fourth-order valence-corrected chi connectivity index (χ4v) is 4.57. The van der Waals surface area contributed by atoms with E-state index in [4.69, 9.17) is 24.1 Å². The number of hydrogen-bond donors (Lipinski definition) is 3. The first-order chi connectivity index (χ1) is 21.1. The zero-order chi connectivity index (χ0) is 31.5. The molecule has 0 fully saturated rings. The van der Waals surface area contributed by atoms with E-state index < -0.39 is 18.1 Å². The third-order valence-corrected chi connectivity index (χ3v) is 6.71. The van der Waals surface area contributed by atoms with E-state index >= 15 is 0 Å². The van der Waals surface area contributed by atoms with Crippen LogP contribution in [-0.2, 0) is 35.3 Å². The molecule has 2 aromatic carbocycles. The molecular formula is C31H31F3N4O6. The second-order valence-electron chi connectivity index (χ2n) is 10.1. The number of aryl methyl sites for hydroxylation is 3. The van der Waals surface area contributed by atoms with Crippen LogP contribution in [0.15, 0.2) is 71.3 Å². The van der Waals surface area contributed by atoms with Gasteiger partial charge in [-0.15, -0.1) is 0 Å². The van der Waals surface area contributed by atoms with Gasteiger partial charge in [-0.2, -0.15) is 18.2 Å².